The average Bonchev–Trinajstić information content (AvgIpc) is 3.16. The molecule has 0 unspecified atom stereocenters. The molecule has 0 radical (unpaired) electrons. The number of benzene rings is 3. The molecule has 0 aliphatic carbocycles. The Balaban J connectivity index is 1.86. The molecule has 0 saturated heterocycles. The third-order valence-corrected chi connectivity index (χ3v) is 4.66. The van der Waals surface area contributed by atoms with Gasteiger partial charge in [0.05, 0.1) is 5.02 Å². The van der Waals surface area contributed by atoms with E-state index in [1.165, 1.54) is 4.68 Å². The van der Waals surface area contributed by atoms with Crippen molar-refractivity contribution in [1.82, 2.24) is 15.0 Å². The third kappa shape index (κ3) is 3.81. The monoisotopic (exact) mass is 425 g/mol. The van der Waals surface area contributed by atoms with Crippen molar-refractivity contribution in [2.24, 2.45) is 0 Å². The molecule has 8 heteroatoms. The number of carboxylic acids is 1. The van der Waals surface area contributed by atoms with Crippen molar-refractivity contribution in [3.05, 3.63) is 88.5 Å². The Bertz CT molecular complexity index is 1190. The van der Waals surface area contributed by atoms with E-state index in [1.54, 1.807) is 54.6 Å². The highest BCUT2D eigenvalue weighted by atomic mass is 35.5. The number of rotatable bonds is 5. The summed E-state index contributed by atoms with van der Waals surface area (Å²) in [5, 5.41) is 18.3. The quantitative estimate of drug-likeness (QED) is 0.441. The van der Waals surface area contributed by atoms with Gasteiger partial charge < -0.3 is 9.84 Å². The molecule has 0 saturated carbocycles. The molecule has 0 bridgehead atoms. The fraction of sp³-hybridized carbons (Fsp3) is 0. The van der Waals surface area contributed by atoms with Crippen molar-refractivity contribution in [2.75, 3.05) is 0 Å². The fourth-order valence-corrected chi connectivity index (χ4v) is 3.29. The molecule has 3 aromatic carbocycles. The lowest BCUT2D eigenvalue weighted by Crippen LogP contribution is -2.04. The molecule has 4 aromatic rings. The van der Waals surface area contributed by atoms with Crippen molar-refractivity contribution in [2.45, 2.75) is 0 Å². The summed E-state index contributed by atoms with van der Waals surface area (Å²) in [6, 6.07) is 21.0. The van der Waals surface area contributed by atoms with Gasteiger partial charge in [-0.3, -0.25) is 0 Å². The zero-order chi connectivity index (χ0) is 20.4. The lowest BCUT2D eigenvalue weighted by atomic mass is 10.1. The van der Waals surface area contributed by atoms with Gasteiger partial charge in [-0.25, -0.2) is 9.48 Å². The topological polar surface area (TPSA) is 77.2 Å². The molecule has 1 N–H and O–H groups in total. The van der Waals surface area contributed by atoms with Gasteiger partial charge in [-0.1, -0.05) is 70.9 Å². The van der Waals surface area contributed by atoms with Gasteiger partial charge in [0.1, 0.15) is 17.1 Å². The second kappa shape index (κ2) is 7.95. The first kappa shape index (κ1) is 19.0. The smallest absolute Gasteiger partial charge is 0.358 e. The van der Waals surface area contributed by atoms with Crippen LogP contribution in [0, 0.1) is 0 Å². The Morgan fingerprint density at radius 1 is 0.931 bits per heavy atom. The van der Waals surface area contributed by atoms with E-state index in [0.29, 0.717) is 38.5 Å². The number of hydrogen-bond acceptors (Lipinski definition) is 4. The maximum Gasteiger partial charge on any atom is 0.358 e. The van der Waals surface area contributed by atoms with Gasteiger partial charge in [-0.05, 0) is 30.3 Å². The number of aromatic carboxylic acids is 1. The molecular weight excluding hydrogens is 413 g/mol. The van der Waals surface area contributed by atoms with Gasteiger partial charge in [0.25, 0.3) is 0 Å². The number of carbonyl (C=O) groups is 1. The number of hydrogen-bond donors (Lipinski definition) is 1. The maximum atomic E-state index is 11.7. The lowest BCUT2D eigenvalue weighted by molar-refractivity contribution is 0.0691. The summed E-state index contributed by atoms with van der Waals surface area (Å²) in [6.45, 7) is 0. The summed E-state index contributed by atoms with van der Waals surface area (Å²) in [7, 11) is 0. The van der Waals surface area contributed by atoms with Crippen molar-refractivity contribution in [1.29, 1.82) is 0 Å². The molecule has 6 nitrogen and oxygen atoms in total. The average molecular weight is 426 g/mol. The Morgan fingerprint density at radius 2 is 1.66 bits per heavy atom. The maximum absolute atomic E-state index is 11.7. The van der Waals surface area contributed by atoms with Crippen molar-refractivity contribution >= 4 is 29.2 Å². The first-order valence-electron chi connectivity index (χ1n) is 8.51. The minimum Gasteiger partial charge on any atom is -0.476 e. The minimum absolute atomic E-state index is 0.157. The van der Waals surface area contributed by atoms with Crippen LogP contribution in [0.5, 0.6) is 11.5 Å². The zero-order valence-corrected chi connectivity index (χ0v) is 16.3. The van der Waals surface area contributed by atoms with E-state index >= 15 is 0 Å². The summed E-state index contributed by atoms with van der Waals surface area (Å²) in [5.74, 6) is -0.339. The van der Waals surface area contributed by atoms with E-state index in [2.05, 4.69) is 10.3 Å². The number of ether oxygens (including phenoxy) is 1. The summed E-state index contributed by atoms with van der Waals surface area (Å²) in [4.78, 5) is 11.7. The zero-order valence-electron chi connectivity index (χ0n) is 14.8. The van der Waals surface area contributed by atoms with E-state index in [9.17, 15) is 9.90 Å². The number of halogens is 2. The largest absolute Gasteiger partial charge is 0.476 e. The van der Waals surface area contributed by atoms with Crippen molar-refractivity contribution in [3.8, 4) is 28.4 Å². The van der Waals surface area contributed by atoms with Gasteiger partial charge in [0, 0.05) is 10.6 Å². The molecule has 0 aliphatic rings. The number of para-hydroxylation sites is 2. The van der Waals surface area contributed by atoms with Gasteiger partial charge in [-0.15, -0.1) is 5.10 Å². The SMILES string of the molecule is O=C(O)c1nnn(-c2ccccc2Oc2ccc(Cl)cc2Cl)c1-c1ccccc1. The van der Waals surface area contributed by atoms with Gasteiger partial charge >= 0.3 is 5.97 Å². The Kier molecular flexibility index (Phi) is 5.20. The van der Waals surface area contributed by atoms with E-state index in [1.807, 2.05) is 18.2 Å². The summed E-state index contributed by atoms with van der Waals surface area (Å²) in [5.41, 5.74) is 1.36. The first-order chi connectivity index (χ1) is 14.0. The third-order valence-electron chi connectivity index (χ3n) is 4.13. The van der Waals surface area contributed by atoms with Gasteiger partial charge in [0.15, 0.2) is 11.4 Å². The van der Waals surface area contributed by atoms with Crippen LogP contribution in [0.1, 0.15) is 10.5 Å². The second-order valence-corrected chi connectivity index (χ2v) is 6.86. The van der Waals surface area contributed by atoms with Crippen LogP contribution in [0.4, 0.5) is 0 Å². The first-order valence-corrected chi connectivity index (χ1v) is 9.27. The predicted octanol–water partition coefficient (Wildman–Crippen LogP) is 5.73. The molecule has 0 aliphatic heterocycles. The molecule has 0 amide bonds. The molecule has 1 heterocycles. The molecule has 4 rings (SSSR count). The lowest BCUT2D eigenvalue weighted by Gasteiger charge is -2.14. The highest BCUT2D eigenvalue weighted by Crippen LogP contribution is 2.36. The fourth-order valence-electron chi connectivity index (χ4n) is 2.84. The Labute approximate surface area is 175 Å². The highest BCUT2D eigenvalue weighted by Gasteiger charge is 2.23. The molecular formula is C21H13Cl2N3O3. The minimum atomic E-state index is -1.17. The molecule has 0 fully saturated rings. The van der Waals surface area contributed by atoms with Crippen LogP contribution in [-0.4, -0.2) is 26.1 Å². The molecule has 0 spiro atoms. The van der Waals surface area contributed by atoms with Gasteiger partial charge in [-0.2, -0.15) is 0 Å². The van der Waals surface area contributed by atoms with Crippen LogP contribution in [0.25, 0.3) is 16.9 Å². The summed E-state index contributed by atoms with van der Waals surface area (Å²) < 4.78 is 7.43. The van der Waals surface area contributed by atoms with Crippen molar-refractivity contribution < 1.29 is 14.6 Å². The van der Waals surface area contributed by atoms with Crippen LogP contribution in [0.2, 0.25) is 10.0 Å². The molecule has 144 valence electrons. The van der Waals surface area contributed by atoms with E-state index in [0.717, 1.165) is 0 Å². The van der Waals surface area contributed by atoms with Crippen molar-refractivity contribution in [3.63, 3.8) is 0 Å². The predicted molar refractivity (Wildman–Crippen MR) is 110 cm³/mol. The van der Waals surface area contributed by atoms with Crippen LogP contribution in [0.3, 0.4) is 0 Å². The summed E-state index contributed by atoms with van der Waals surface area (Å²) in [6.07, 6.45) is 0. The number of carboxylic acid groups (broad SMARTS) is 1. The Hall–Kier alpha value is -3.35. The number of nitrogens with zero attached hydrogens (tertiary/aromatic N) is 3. The molecule has 0 atom stereocenters. The van der Waals surface area contributed by atoms with Crippen LogP contribution in [-0.2, 0) is 0 Å². The highest BCUT2D eigenvalue weighted by molar-refractivity contribution is 6.35. The second-order valence-electron chi connectivity index (χ2n) is 6.01. The van der Waals surface area contributed by atoms with E-state index in [4.69, 9.17) is 27.9 Å². The van der Waals surface area contributed by atoms with E-state index < -0.39 is 5.97 Å². The van der Waals surface area contributed by atoms with Crippen LogP contribution < -0.4 is 4.74 Å². The van der Waals surface area contributed by atoms with Gasteiger partial charge in [0.2, 0.25) is 0 Å². The normalized spacial score (nSPS) is 10.7. The van der Waals surface area contributed by atoms with Crippen LogP contribution >= 0.6 is 23.2 Å². The summed E-state index contributed by atoms with van der Waals surface area (Å²) >= 11 is 12.2. The number of aromatic nitrogens is 3. The van der Waals surface area contributed by atoms with E-state index in [-0.39, 0.29) is 5.69 Å². The standard InChI is InChI=1S/C21H13Cl2N3O3/c22-14-10-11-17(15(23)12-14)29-18-9-5-4-8-16(18)26-20(13-6-2-1-3-7-13)19(21(27)28)24-25-26/h1-12H,(H,27,28). The molecule has 1 aromatic heterocycles. The Morgan fingerprint density at radius 3 is 2.38 bits per heavy atom. The molecule has 29 heavy (non-hydrogen) atoms. The van der Waals surface area contributed by atoms with Crippen LogP contribution in [0.15, 0.2) is 72.8 Å².